The number of carbonyl (C=O) groups excluding carboxylic acids is 1. The first-order valence-corrected chi connectivity index (χ1v) is 5.78. The van der Waals surface area contributed by atoms with Crippen molar-refractivity contribution in [1.29, 1.82) is 0 Å². The molecular weight excluding hydrogens is 192 g/mol. The molecular formula is C12H22O3. The Labute approximate surface area is 92.1 Å². The van der Waals surface area contributed by atoms with Crippen molar-refractivity contribution in [3.63, 3.8) is 0 Å². The summed E-state index contributed by atoms with van der Waals surface area (Å²) in [6, 6.07) is 0. The first-order valence-electron chi connectivity index (χ1n) is 5.78. The van der Waals surface area contributed by atoms with Gasteiger partial charge in [0.05, 0.1) is 24.2 Å². The van der Waals surface area contributed by atoms with Gasteiger partial charge in [0, 0.05) is 13.5 Å². The molecule has 2 atom stereocenters. The van der Waals surface area contributed by atoms with E-state index in [0.29, 0.717) is 18.8 Å². The van der Waals surface area contributed by atoms with Crippen molar-refractivity contribution in [2.75, 3.05) is 13.7 Å². The van der Waals surface area contributed by atoms with Gasteiger partial charge in [0.1, 0.15) is 5.78 Å². The summed E-state index contributed by atoms with van der Waals surface area (Å²) in [4.78, 5) is 11.7. The SMILES string of the molecule is CCC1(CC)C(=O)CC1OC(C)COC. The fourth-order valence-corrected chi connectivity index (χ4v) is 2.45. The third kappa shape index (κ3) is 2.23. The van der Waals surface area contributed by atoms with Gasteiger partial charge in [-0.25, -0.2) is 0 Å². The molecule has 0 spiro atoms. The first kappa shape index (κ1) is 12.7. The molecule has 1 fully saturated rings. The molecule has 0 aromatic rings. The normalized spacial score (nSPS) is 26.1. The summed E-state index contributed by atoms with van der Waals surface area (Å²) < 4.78 is 10.9. The van der Waals surface area contributed by atoms with E-state index in [2.05, 4.69) is 13.8 Å². The number of ketones is 1. The highest BCUT2D eigenvalue weighted by Crippen LogP contribution is 2.45. The van der Waals surface area contributed by atoms with Crippen LogP contribution in [0.15, 0.2) is 0 Å². The van der Waals surface area contributed by atoms with Gasteiger partial charge in [0.2, 0.25) is 0 Å². The van der Waals surface area contributed by atoms with Crippen LogP contribution in [-0.4, -0.2) is 31.7 Å². The zero-order valence-electron chi connectivity index (χ0n) is 10.2. The van der Waals surface area contributed by atoms with E-state index in [1.165, 1.54) is 0 Å². The predicted molar refractivity (Wildman–Crippen MR) is 58.9 cm³/mol. The Balaban J connectivity index is 2.53. The lowest BCUT2D eigenvalue weighted by molar-refractivity contribution is -0.175. The average molecular weight is 214 g/mol. The molecule has 0 N–H and O–H groups in total. The van der Waals surface area contributed by atoms with Crippen LogP contribution < -0.4 is 0 Å². The maximum Gasteiger partial charge on any atom is 0.144 e. The number of carbonyl (C=O) groups is 1. The number of Topliss-reactive ketones (excluding diaryl/α,β-unsaturated/α-hetero) is 1. The lowest BCUT2D eigenvalue weighted by atomic mass is 9.61. The van der Waals surface area contributed by atoms with Crippen molar-refractivity contribution < 1.29 is 14.3 Å². The van der Waals surface area contributed by atoms with Crippen molar-refractivity contribution >= 4 is 5.78 Å². The van der Waals surface area contributed by atoms with E-state index in [9.17, 15) is 4.79 Å². The van der Waals surface area contributed by atoms with Crippen molar-refractivity contribution in [2.24, 2.45) is 5.41 Å². The molecule has 0 heterocycles. The minimum atomic E-state index is -0.206. The van der Waals surface area contributed by atoms with Gasteiger partial charge in [0.15, 0.2) is 0 Å². The summed E-state index contributed by atoms with van der Waals surface area (Å²) >= 11 is 0. The topological polar surface area (TPSA) is 35.5 Å². The summed E-state index contributed by atoms with van der Waals surface area (Å²) in [5, 5.41) is 0. The molecule has 1 saturated carbocycles. The second-order valence-electron chi connectivity index (χ2n) is 4.38. The van der Waals surface area contributed by atoms with Gasteiger partial charge >= 0.3 is 0 Å². The maximum absolute atomic E-state index is 11.7. The van der Waals surface area contributed by atoms with Gasteiger partial charge in [-0.1, -0.05) is 13.8 Å². The lowest BCUT2D eigenvalue weighted by Gasteiger charge is -2.47. The van der Waals surface area contributed by atoms with E-state index in [0.717, 1.165) is 12.8 Å². The van der Waals surface area contributed by atoms with Crippen LogP contribution in [0.1, 0.15) is 40.0 Å². The van der Waals surface area contributed by atoms with Crippen LogP contribution >= 0.6 is 0 Å². The summed E-state index contributed by atoms with van der Waals surface area (Å²) in [5.41, 5.74) is -0.206. The number of ether oxygens (including phenoxy) is 2. The number of methoxy groups -OCH3 is 1. The second-order valence-corrected chi connectivity index (χ2v) is 4.38. The van der Waals surface area contributed by atoms with Crippen molar-refractivity contribution in [2.45, 2.75) is 52.2 Å². The molecule has 0 radical (unpaired) electrons. The van der Waals surface area contributed by atoms with E-state index in [-0.39, 0.29) is 17.6 Å². The highest BCUT2D eigenvalue weighted by molar-refractivity contribution is 5.92. The van der Waals surface area contributed by atoms with Gasteiger partial charge in [-0.2, -0.15) is 0 Å². The third-order valence-corrected chi connectivity index (χ3v) is 3.60. The van der Waals surface area contributed by atoms with Crippen LogP contribution in [0.5, 0.6) is 0 Å². The van der Waals surface area contributed by atoms with Crippen LogP contribution in [0, 0.1) is 5.41 Å². The molecule has 1 rings (SSSR count). The molecule has 1 aliphatic rings. The van der Waals surface area contributed by atoms with E-state index in [1.54, 1.807) is 7.11 Å². The van der Waals surface area contributed by atoms with Crippen LogP contribution in [0.25, 0.3) is 0 Å². The average Bonchev–Trinajstić information content (AvgIpc) is 2.19. The Morgan fingerprint density at radius 1 is 1.47 bits per heavy atom. The maximum atomic E-state index is 11.7. The van der Waals surface area contributed by atoms with Gasteiger partial charge in [-0.15, -0.1) is 0 Å². The predicted octanol–water partition coefficient (Wildman–Crippen LogP) is 2.19. The van der Waals surface area contributed by atoms with Gasteiger partial charge in [-0.05, 0) is 19.8 Å². The van der Waals surface area contributed by atoms with Crippen molar-refractivity contribution in [3.8, 4) is 0 Å². The molecule has 88 valence electrons. The highest BCUT2D eigenvalue weighted by atomic mass is 16.5. The molecule has 1 aliphatic carbocycles. The molecule has 3 nitrogen and oxygen atoms in total. The monoisotopic (exact) mass is 214 g/mol. The fourth-order valence-electron chi connectivity index (χ4n) is 2.45. The minimum absolute atomic E-state index is 0.0746. The standard InChI is InChI=1S/C12H22O3/c1-5-12(6-2)10(13)7-11(12)15-9(3)8-14-4/h9,11H,5-8H2,1-4H3. The van der Waals surface area contributed by atoms with Crippen molar-refractivity contribution in [3.05, 3.63) is 0 Å². The van der Waals surface area contributed by atoms with E-state index < -0.39 is 0 Å². The highest BCUT2D eigenvalue weighted by Gasteiger charge is 2.53. The zero-order chi connectivity index (χ0) is 11.5. The quantitative estimate of drug-likeness (QED) is 0.680. The van der Waals surface area contributed by atoms with Crippen LogP contribution in [0.2, 0.25) is 0 Å². The van der Waals surface area contributed by atoms with E-state index >= 15 is 0 Å². The van der Waals surface area contributed by atoms with Gasteiger partial charge in [-0.3, -0.25) is 4.79 Å². The van der Waals surface area contributed by atoms with Crippen LogP contribution in [0.4, 0.5) is 0 Å². The second kappa shape index (κ2) is 5.08. The van der Waals surface area contributed by atoms with Crippen molar-refractivity contribution in [1.82, 2.24) is 0 Å². The summed E-state index contributed by atoms with van der Waals surface area (Å²) in [7, 11) is 1.67. The molecule has 0 bridgehead atoms. The summed E-state index contributed by atoms with van der Waals surface area (Å²) in [5.74, 6) is 0.363. The molecule has 15 heavy (non-hydrogen) atoms. The molecule has 0 aromatic heterocycles. The Morgan fingerprint density at radius 3 is 2.47 bits per heavy atom. The zero-order valence-corrected chi connectivity index (χ0v) is 10.2. The molecule has 0 amide bonds. The molecule has 0 aliphatic heterocycles. The smallest absolute Gasteiger partial charge is 0.144 e. The largest absolute Gasteiger partial charge is 0.382 e. The molecule has 0 aromatic carbocycles. The first-order chi connectivity index (χ1) is 7.10. The Morgan fingerprint density at radius 2 is 2.07 bits per heavy atom. The molecule has 2 unspecified atom stereocenters. The van der Waals surface area contributed by atoms with Crippen LogP contribution in [-0.2, 0) is 14.3 Å². The number of hydrogen-bond acceptors (Lipinski definition) is 3. The lowest BCUT2D eigenvalue weighted by Crippen LogP contribution is -2.55. The van der Waals surface area contributed by atoms with E-state index in [1.807, 2.05) is 6.92 Å². The summed E-state index contributed by atoms with van der Waals surface area (Å²) in [6.07, 6.45) is 2.52. The Hall–Kier alpha value is -0.410. The summed E-state index contributed by atoms with van der Waals surface area (Å²) in [6.45, 7) is 6.71. The number of rotatable bonds is 6. The Kier molecular flexibility index (Phi) is 4.29. The van der Waals surface area contributed by atoms with Gasteiger partial charge < -0.3 is 9.47 Å². The Bertz CT molecular complexity index is 221. The molecule has 3 heteroatoms. The number of hydrogen-bond donors (Lipinski definition) is 0. The molecule has 0 saturated heterocycles. The minimum Gasteiger partial charge on any atom is -0.382 e. The van der Waals surface area contributed by atoms with Gasteiger partial charge in [0.25, 0.3) is 0 Å². The fraction of sp³-hybridized carbons (Fsp3) is 0.917. The third-order valence-electron chi connectivity index (χ3n) is 3.60. The van der Waals surface area contributed by atoms with E-state index in [4.69, 9.17) is 9.47 Å². The van der Waals surface area contributed by atoms with Crippen LogP contribution in [0.3, 0.4) is 0 Å².